The third-order valence-corrected chi connectivity index (χ3v) is 5.45. The van der Waals surface area contributed by atoms with E-state index in [4.69, 9.17) is 0 Å². The first-order valence-electron chi connectivity index (χ1n) is 8.76. The van der Waals surface area contributed by atoms with E-state index in [1.807, 2.05) is 19.1 Å². The minimum absolute atomic E-state index is 0.0474. The Kier molecular flexibility index (Phi) is 4.75. The summed E-state index contributed by atoms with van der Waals surface area (Å²) >= 11 is 1.57. The van der Waals surface area contributed by atoms with Crippen LogP contribution in [0.5, 0.6) is 0 Å². The van der Waals surface area contributed by atoms with E-state index >= 15 is 0 Å². The Morgan fingerprint density at radius 1 is 1.15 bits per heavy atom. The molecule has 8 heteroatoms. The van der Waals surface area contributed by atoms with Crippen molar-refractivity contribution in [2.75, 3.05) is 5.32 Å². The van der Waals surface area contributed by atoms with Crippen LogP contribution in [0.25, 0.3) is 11.3 Å². The predicted molar refractivity (Wildman–Crippen MR) is 101 cm³/mol. The van der Waals surface area contributed by atoms with Crippen LogP contribution >= 0.6 is 11.3 Å². The van der Waals surface area contributed by atoms with Crippen molar-refractivity contribution in [2.24, 2.45) is 0 Å². The first-order valence-corrected chi connectivity index (χ1v) is 9.57. The van der Waals surface area contributed by atoms with Crippen LogP contribution in [-0.4, -0.2) is 31.0 Å². The summed E-state index contributed by atoms with van der Waals surface area (Å²) in [6.07, 6.45) is 7.29. The number of hydrogen-bond donors (Lipinski definition) is 1. The quantitative estimate of drug-likeness (QED) is 0.762. The van der Waals surface area contributed by atoms with Crippen molar-refractivity contribution < 1.29 is 0 Å². The maximum atomic E-state index is 12.3. The van der Waals surface area contributed by atoms with Crippen molar-refractivity contribution >= 4 is 16.5 Å². The molecule has 1 saturated carbocycles. The van der Waals surface area contributed by atoms with E-state index < -0.39 is 0 Å². The van der Waals surface area contributed by atoms with Crippen LogP contribution in [0.1, 0.15) is 36.7 Å². The van der Waals surface area contributed by atoms with Gasteiger partial charge in [-0.05, 0) is 50.8 Å². The molecule has 26 heavy (non-hydrogen) atoms. The number of aryl methyl sites for hydroxylation is 1. The molecule has 1 aliphatic carbocycles. The van der Waals surface area contributed by atoms with Gasteiger partial charge >= 0.3 is 0 Å². The fourth-order valence-corrected chi connectivity index (χ4v) is 4.02. The van der Waals surface area contributed by atoms with Gasteiger partial charge in [-0.3, -0.25) is 9.78 Å². The SMILES string of the molecule is Cc1nnc(NC2CCC(n3nc(-c4cccnc4)ccc3=O)CC2)s1. The highest BCUT2D eigenvalue weighted by atomic mass is 32.1. The van der Waals surface area contributed by atoms with E-state index in [0.29, 0.717) is 6.04 Å². The fourth-order valence-electron chi connectivity index (χ4n) is 3.35. The zero-order valence-corrected chi connectivity index (χ0v) is 15.3. The van der Waals surface area contributed by atoms with Crippen molar-refractivity contribution in [3.05, 3.63) is 52.0 Å². The molecule has 3 aromatic heterocycles. The van der Waals surface area contributed by atoms with E-state index in [-0.39, 0.29) is 11.6 Å². The average molecular weight is 368 g/mol. The van der Waals surface area contributed by atoms with Crippen molar-refractivity contribution in [3.63, 3.8) is 0 Å². The van der Waals surface area contributed by atoms with Crippen LogP contribution in [0, 0.1) is 6.92 Å². The molecule has 1 fully saturated rings. The molecule has 0 amide bonds. The molecule has 4 rings (SSSR count). The Morgan fingerprint density at radius 3 is 2.69 bits per heavy atom. The summed E-state index contributed by atoms with van der Waals surface area (Å²) in [6, 6.07) is 7.70. The van der Waals surface area contributed by atoms with Gasteiger partial charge in [-0.15, -0.1) is 10.2 Å². The van der Waals surface area contributed by atoms with Gasteiger partial charge in [-0.25, -0.2) is 4.68 Å². The Labute approximate surface area is 155 Å². The van der Waals surface area contributed by atoms with Crippen molar-refractivity contribution in [1.82, 2.24) is 25.0 Å². The predicted octanol–water partition coefficient (Wildman–Crippen LogP) is 3.06. The summed E-state index contributed by atoms with van der Waals surface area (Å²) in [5.41, 5.74) is 1.65. The summed E-state index contributed by atoms with van der Waals surface area (Å²) in [5, 5.41) is 18.1. The molecule has 3 heterocycles. The van der Waals surface area contributed by atoms with Gasteiger partial charge in [0.15, 0.2) is 0 Å². The van der Waals surface area contributed by atoms with Gasteiger partial charge in [-0.2, -0.15) is 5.10 Å². The van der Waals surface area contributed by atoms with Crippen LogP contribution < -0.4 is 10.9 Å². The second-order valence-corrected chi connectivity index (χ2v) is 7.70. The van der Waals surface area contributed by atoms with Crippen LogP contribution in [0.15, 0.2) is 41.5 Å². The normalized spacial score (nSPS) is 20.0. The van der Waals surface area contributed by atoms with Crippen LogP contribution in [0.3, 0.4) is 0 Å². The van der Waals surface area contributed by atoms with E-state index in [9.17, 15) is 4.79 Å². The third-order valence-electron chi connectivity index (χ3n) is 4.68. The maximum absolute atomic E-state index is 12.3. The lowest BCUT2D eigenvalue weighted by Crippen LogP contribution is -2.33. The second kappa shape index (κ2) is 7.33. The molecule has 7 nitrogen and oxygen atoms in total. The number of rotatable bonds is 4. The molecule has 3 aromatic rings. The molecule has 0 radical (unpaired) electrons. The molecule has 1 aliphatic rings. The number of nitrogens with zero attached hydrogens (tertiary/aromatic N) is 5. The van der Waals surface area contributed by atoms with E-state index in [1.54, 1.807) is 40.5 Å². The van der Waals surface area contributed by atoms with Crippen molar-refractivity contribution in [1.29, 1.82) is 0 Å². The molecule has 134 valence electrons. The Bertz CT molecular complexity index is 930. The van der Waals surface area contributed by atoms with Gasteiger partial charge < -0.3 is 5.32 Å². The lowest BCUT2D eigenvalue weighted by atomic mass is 9.91. The number of hydrogen-bond acceptors (Lipinski definition) is 7. The Morgan fingerprint density at radius 2 is 2.00 bits per heavy atom. The minimum atomic E-state index is -0.0474. The monoisotopic (exact) mass is 368 g/mol. The smallest absolute Gasteiger partial charge is 0.267 e. The average Bonchev–Trinajstić information content (AvgIpc) is 3.08. The molecule has 0 saturated heterocycles. The summed E-state index contributed by atoms with van der Waals surface area (Å²) in [7, 11) is 0. The van der Waals surface area contributed by atoms with Gasteiger partial charge in [-0.1, -0.05) is 11.3 Å². The number of nitrogens with one attached hydrogen (secondary N) is 1. The Hall–Kier alpha value is -2.61. The number of aromatic nitrogens is 5. The topological polar surface area (TPSA) is 85.6 Å². The molecule has 1 N–H and O–H groups in total. The van der Waals surface area contributed by atoms with E-state index in [0.717, 1.165) is 47.1 Å². The summed E-state index contributed by atoms with van der Waals surface area (Å²) in [5.74, 6) is 0. The zero-order chi connectivity index (χ0) is 17.9. The molecule has 0 atom stereocenters. The van der Waals surface area contributed by atoms with E-state index in [2.05, 4.69) is 25.6 Å². The van der Waals surface area contributed by atoms with Gasteiger partial charge in [0.05, 0.1) is 11.7 Å². The van der Waals surface area contributed by atoms with Crippen LogP contribution in [-0.2, 0) is 0 Å². The summed E-state index contributed by atoms with van der Waals surface area (Å²) in [6.45, 7) is 1.95. The fraction of sp³-hybridized carbons (Fsp3) is 0.389. The van der Waals surface area contributed by atoms with Gasteiger partial charge in [0.25, 0.3) is 5.56 Å². The Balaban J connectivity index is 1.46. The van der Waals surface area contributed by atoms with Crippen molar-refractivity contribution in [2.45, 2.75) is 44.7 Å². The van der Waals surface area contributed by atoms with Crippen LogP contribution in [0.2, 0.25) is 0 Å². The van der Waals surface area contributed by atoms with Gasteiger partial charge in [0, 0.05) is 30.1 Å². The highest BCUT2D eigenvalue weighted by Crippen LogP contribution is 2.30. The molecule has 0 bridgehead atoms. The number of pyridine rings is 1. The van der Waals surface area contributed by atoms with Gasteiger partial charge in [0.1, 0.15) is 5.01 Å². The lowest BCUT2D eigenvalue weighted by Gasteiger charge is -2.29. The third kappa shape index (κ3) is 3.65. The molecule has 0 spiro atoms. The second-order valence-electron chi connectivity index (χ2n) is 6.52. The van der Waals surface area contributed by atoms with E-state index in [1.165, 1.54) is 0 Å². The van der Waals surface area contributed by atoms with Crippen molar-refractivity contribution in [3.8, 4) is 11.3 Å². The highest BCUT2D eigenvalue weighted by molar-refractivity contribution is 7.15. The largest absolute Gasteiger partial charge is 0.357 e. The molecular weight excluding hydrogens is 348 g/mol. The zero-order valence-electron chi connectivity index (χ0n) is 14.5. The lowest BCUT2D eigenvalue weighted by molar-refractivity contribution is 0.304. The van der Waals surface area contributed by atoms with Gasteiger partial charge in [0.2, 0.25) is 5.13 Å². The molecule has 0 aliphatic heterocycles. The highest BCUT2D eigenvalue weighted by Gasteiger charge is 2.24. The number of anilines is 1. The summed E-state index contributed by atoms with van der Waals surface area (Å²) in [4.78, 5) is 16.5. The minimum Gasteiger partial charge on any atom is -0.357 e. The van der Waals surface area contributed by atoms with Crippen LogP contribution in [0.4, 0.5) is 5.13 Å². The maximum Gasteiger partial charge on any atom is 0.267 e. The first-order chi connectivity index (χ1) is 12.7. The molecule has 0 aromatic carbocycles. The first kappa shape index (κ1) is 16.8. The summed E-state index contributed by atoms with van der Waals surface area (Å²) < 4.78 is 1.65. The standard InChI is InChI=1S/C18H20N6OS/c1-12-21-22-18(26-12)20-14-4-6-15(7-5-14)24-17(25)9-8-16(23-24)13-3-2-10-19-11-13/h2-3,8-11,14-15H,4-7H2,1H3,(H,20,22). The molecular formula is C18H20N6OS. The molecule has 0 unspecified atom stereocenters.